The Hall–Kier alpha value is -4.66. The van der Waals surface area contributed by atoms with Crippen molar-refractivity contribution in [2.45, 2.75) is 76.5 Å². The quantitative estimate of drug-likeness (QED) is 0.0602. The lowest BCUT2D eigenvalue weighted by atomic mass is 9.96. The van der Waals surface area contributed by atoms with Crippen molar-refractivity contribution in [2.24, 2.45) is 28.1 Å². The molecule has 0 bridgehead atoms. The van der Waals surface area contributed by atoms with Gasteiger partial charge in [-0.2, -0.15) is 0 Å². The summed E-state index contributed by atoms with van der Waals surface area (Å²) >= 11 is 0. The normalized spacial score (nSPS) is 14.5. The van der Waals surface area contributed by atoms with Crippen molar-refractivity contribution in [1.29, 1.82) is 0 Å². The van der Waals surface area contributed by atoms with Gasteiger partial charge < -0.3 is 48.3 Å². The van der Waals surface area contributed by atoms with E-state index >= 15 is 0 Å². The van der Waals surface area contributed by atoms with E-state index < -0.39 is 60.2 Å². The van der Waals surface area contributed by atoms with E-state index in [1.165, 1.54) is 0 Å². The highest BCUT2D eigenvalue weighted by Crippen LogP contribution is 2.19. The highest BCUT2D eigenvalue weighted by molar-refractivity contribution is 5.94. The molecule has 0 saturated carbocycles. The standard InChI is InChI=1S/C28H42N8O7/c1-3-15(2)23(36-24(39)18(29)13-16-14-33-19-8-5-4-7-17(16)19)26(41)34-20(10-11-22(37)38)25(40)35-21(27(42)43)9-6-12-32-28(30)31/h4-5,7-8,14-15,18,20-21,23,33H,3,6,9-13,29H2,1-2H3,(H,34,41)(H,35,40)(H,36,39)(H,37,38)(H,42,43)(H4,30,31,32). The van der Waals surface area contributed by atoms with Crippen LogP contribution in [0.25, 0.3) is 10.9 Å². The maximum atomic E-state index is 13.4. The van der Waals surface area contributed by atoms with Crippen LogP contribution in [-0.4, -0.2) is 81.5 Å². The van der Waals surface area contributed by atoms with Gasteiger partial charge in [-0.05, 0) is 43.2 Å². The van der Waals surface area contributed by atoms with Gasteiger partial charge in [0, 0.05) is 30.1 Å². The van der Waals surface area contributed by atoms with Gasteiger partial charge in [0.1, 0.15) is 18.1 Å². The largest absolute Gasteiger partial charge is 0.481 e. The van der Waals surface area contributed by atoms with Gasteiger partial charge in [0.15, 0.2) is 5.96 Å². The molecule has 0 aliphatic carbocycles. The molecule has 236 valence electrons. The van der Waals surface area contributed by atoms with E-state index in [4.69, 9.17) is 17.2 Å². The number of aliphatic imine (C=N–C) groups is 1. The molecule has 43 heavy (non-hydrogen) atoms. The number of guanidine groups is 1. The number of rotatable bonds is 18. The summed E-state index contributed by atoms with van der Waals surface area (Å²) in [4.78, 5) is 69.4. The van der Waals surface area contributed by atoms with Gasteiger partial charge in [-0.1, -0.05) is 38.5 Å². The number of carbonyl (C=O) groups excluding carboxylic acids is 3. The van der Waals surface area contributed by atoms with E-state index in [0.717, 1.165) is 16.5 Å². The minimum absolute atomic E-state index is 0.0165. The predicted molar refractivity (Wildman–Crippen MR) is 160 cm³/mol. The molecular formula is C28H42N8O7. The number of nitrogens with two attached hydrogens (primary N) is 3. The Morgan fingerprint density at radius 3 is 2.26 bits per heavy atom. The lowest BCUT2D eigenvalue weighted by molar-refractivity contribution is -0.143. The summed E-state index contributed by atoms with van der Waals surface area (Å²) < 4.78 is 0. The van der Waals surface area contributed by atoms with Crippen molar-refractivity contribution in [2.75, 3.05) is 6.54 Å². The summed E-state index contributed by atoms with van der Waals surface area (Å²) in [6.07, 6.45) is 1.89. The number of aromatic nitrogens is 1. The molecule has 0 aliphatic rings. The molecule has 0 saturated heterocycles. The van der Waals surface area contributed by atoms with Crippen molar-refractivity contribution in [3.8, 4) is 0 Å². The molecule has 1 heterocycles. The molecule has 0 aliphatic heterocycles. The first-order valence-corrected chi connectivity index (χ1v) is 14.1. The van der Waals surface area contributed by atoms with Gasteiger partial charge in [-0.15, -0.1) is 0 Å². The molecule has 5 unspecified atom stereocenters. The molecule has 2 rings (SSSR count). The van der Waals surface area contributed by atoms with Gasteiger partial charge >= 0.3 is 11.9 Å². The Kier molecular flexibility index (Phi) is 13.4. The molecule has 3 amide bonds. The number of nitrogens with one attached hydrogen (secondary N) is 4. The Balaban J connectivity index is 2.14. The highest BCUT2D eigenvalue weighted by Gasteiger charge is 2.32. The van der Waals surface area contributed by atoms with Crippen LogP contribution < -0.4 is 33.2 Å². The fraction of sp³-hybridized carbons (Fsp3) is 0.500. The number of carboxylic acid groups (broad SMARTS) is 2. The lowest BCUT2D eigenvalue weighted by Gasteiger charge is -2.28. The van der Waals surface area contributed by atoms with Gasteiger partial charge in [0.05, 0.1) is 6.04 Å². The summed E-state index contributed by atoms with van der Waals surface area (Å²) in [5.74, 6) is -5.27. The van der Waals surface area contributed by atoms with E-state index in [0.29, 0.717) is 6.42 Å². The zero-order chi connectivity index (χ0) is 32.1. The lowest BCUT2D eigenvalue weighted by Crippen LogP contribution is -2.58. The number of para-hydroxylation sites is 1. The SMILES string of the molecule is CCC(C)C(NC(=O)C(N)Cc1c[nH]c2ccccc12)C(=O)NC(CCC(=O)O)C(=O)NC(CCCN=C(N)N)C(=O)O. The van der Waals surface area contributed by atoms with Crippen LogP contribution in [0.15, 0.2) is 35.5 Å². The van der Waals surface area contributed by atoms with E-state index in [9.17, 15) is 34.2 Å². The van der Waals surface area contributed by atoms with Gasteiger partial charge in [-0.25, -0.2) is 4.79 Å². The van der Waals surface area contributed by atoms with E-state index in [2.05, 4.69) is 25.9 Å². The Morgan fingerprint density at radius 1 is 0.953 bits per heavy atom. The van der Waals surface area contributed by atoms with Crippen molar-refractivity contribution in [3.05, 3.63) is 36.0 Å². The van der Waals surface area contributed by atoms with E-state index in [-0.39, 0.29) is 44.1 Å². The third-order valence-corrected chi connectivity index (χ3v) is 7.08. The van der Waals surface area contributed by atoms with Crippen molar-refractivity contribution < 1.29 is 34.2 Å². The summed E-state index contributed by atoms with van der Waals surface area (Å²) in [6, 6.07) is 2.76. The van der Waals surface area contributed by atoms with Crippen LogP contribution in [0.4, 0.5) is 0 Å². The van der Waals surface area contributed by atoms with Crippen LogP contribution in [0, 0.1) is 5.92 Å². The van der Waals surface area contributed by atoms with Crippen LogP contribution in [-0.2, 0) is 30.4 Å². The monoisotopic (exact) mass is 602 g/mol. The molecular weight excluding hydrogens is 560 g/mol. The average molecular weight is 603 g/mol. The minimum Gasteiger partial charge on any atom is -0.481 e. The molecule has 1 aromatic heterocycles. The number of aliphatic carboxylic acids is 2. The number of hydrogen-bond acceptors (Lipinski definition) is 7. The van der Waals surface area contributed by atoms with Crippen LogP contribution in [0.5, 0.6) is 0 Å². The number of benzene rings is 1. The molecule has 15 nitrogen and oxygen atoms in total. The highest BCUT2D eigenvalue weighted by atomic mass is 16.4. The fourth-order valence-corrected chi connectivity index (χ4v) is 4.42. The minimum atomic E-state index is -1.38. The zero-order valence-electron chi connectivity index (χ0n) is 24.3. The van der Waals surface area contributed by atoms with Gasteiger partial charge in [-0.3, -0.25) is 24.2 Å². The van der Waals surface area contributed by atoms with Crippen molar-refractivity contribution >= 4 is 46.5 Å². The third-order valence-electron chi connectivity index (χ3n) is 7.08. The number of aromatic amines is 1. The molecule has 1 aromatic carbocycles. The second kappa shape index (κ2) is 16.7. The molecule has 0 fully saturated rings. The zero-order valence-corrected chi connectivity index (χ0v) is 24.3. The first-order chi connectivity index (χ1) is 20.3. The van der Waals surface area contributed by atoms with Crippen molar-refractivity contribution in [3.63, 3.8) is 0 Å². The Labute approximate surface area is 249 Å². The summed E-state index contributed by atoms with van der Waals surface area (Å²) in [5.41, 5.74) is 18.5. The number of fused-ring (bicyclic) bond motifs is 1. The Morgan fingerprint density at radius 2 is 1.63 bits per heavy atom. The second-order valence-corrected chi connectivity index (χ2v) is 10.4. The number of carbonyl (C=O) groups is 5. The van der Waals surface area contributed by atoms with Crippen LogP contribution >= 0.6 is 0 Å². The maximum absolute atomic E-state index is 13.4. The van der Waals surface area contributed by atoms with Gasteiger partial charge in [0.25, 0.3) is 0 Å². The molecule has 12 N–H and O–H groups in total. The van der Waals surface area contributed by atoms with Gasteiger partial charge in [0.2, 0.25) is 17.7 Å². The average Bonchev–Trinajstić information content (AvgIpc) is 3.36. The Bertz CT molecular complexity index is 1310. The van der Waals surface area contributed by atoms with Crippen molar-refractivity contribution in [1.82, 2.24) is 20.9 Å². The number of carboxylic acids is 2. The topological polar surface area (TPSA) is 268 Å². The molecule has 0 radical (unpaired) electrons. The molecule has 0 spiro atoms. The smallest absolute Gasteiger partial charge is 0.326 e. The number of amides is 3. The van der Waals surface area contributed by atoms with Crippen LogP contribution in [0.2, 0.25) is 0 Å². The molecule has 5 atom stereocenters. The third kappa shape index (κ3) is 10.9. The van der Waals surface area contributed by atoms with E-state index in [1.54, 1.807) is 13.1 Å². The fourth-order valence-electron chi connectivity index (χ4n) is 4.42. The van der Waals surface area contributed by atoms with Crippen LogP contribution in [0.3, 0.4) is 0 Å². The van der Waals surface area contributed by atoms with Crippen LogP contribution in [0.1, 0.15) is 51.5 Å². The molecule has 2 aromatic rings. The van der Waals surface area contributed by atoms with E-state index in [1.807, 2.05) is 31.2 Å². The number of nitrogens with zero attached hydrogens (tertiary/aromatic N) is 1. The number of hydrogen-bond donors (Lipinski definition) is 9. The second-order valence-electron chi connectivity index (χ2n) is 10.4. The summed E-state index contributed by atoms with van der Waals surface area (Å²) in [6.45, 7) is 3.69. The molecule has 15 heteroatoms. The summed E-state index contributed by atoms with van der Waals surface area (Å²) in [7, 11) is 0. The first-order valence-electron chi connectivity index (χ1n) is 14.1. The maximum Gasteiger partial charge on any atom is 0.326 e. The number of H-pyrrole nitrogens is 1. The first kappa shape index (κ1) is 34.5. The predicted octanol–water partition coefficient (Wildman–Crippen LogP) is -0.459. The summed E-state index contributed by atoms with van der Waals surface area (Å²) in [5, 5.41) is 27.2.